The van der Waals surface area contributed by atoms with E-state index in [1.807, 2.05) is 19.0 Å². The summed E-state index contributed by atoms with van der Waals surface area (Å²) in [6.45, 7) is 0. The van der Waals surface area contributed by atoms with E-state index in [1.54, 1.807) is 12.1 Å². The Hall–Kier alpha value is -0.930. The number of benzene rings is 1. The molecule has 0 saturated heterocycles. The fraction of sp³-hybridized carbons (Fsp3) is 0.333. The lowest BCUT2D eigenvalue weighted by Gasteiger charge is -2.19. The van der Waals surface area contributed by atoms with Crippen LogP contribution >= 0.6 is 0 Å². The zero-order valence-electron chi connectivity index (χ0n) is 7.29. The van der Waals surface area contributed by atoms with Gasteiger partial charge in [-0.15, -0.1) is 0 Å². The molecule has 0 aromatic heterocycles. The Balaban J connectivity index is 2.82. The molecule has 1 atom stereocenters. The zero-order chi connectivity index (χ0) is 9.14. The standard InChI is InChI=1S/C9H13FN2/c1-12(2)9(11)7-3-5-8(10)6-4-7/h3-6,9H,11H2,1-2H3. The number of rotatable bonds is 2. The van der Waals surface area contributed by atoms with Crippen molar-refractivity contribution in [2.75, 3.05) is 14.1 Å². The van der Waals surface area contributed by atoms with Crippen molar-refractivity contribution in [3.8, 4) is 0 Å². The van der Waals surface area contributed by atoms with Crippen LogP contribution < -0.4 is 5.73 Å². The predicted octanol–water partition coefficient (Wildman–Crippen LogP) is 1.34. The molecule has 0 bridgehead atoms. The van der Waals surface area contributed by atoms with Crippen LogP contribution in [0.3, 0.4) is 0 Å². The lowest BCUT2D eigenvalue weighted by Crippen LogP contribution is -2.27. The van der Waals surface area contributed by atoms with Gasteiger partial charge in [0.05, 0.1) is 6.17 Å². The number of nitrogens with two attached hydrogens (primary N) is 1. The molecule has 0 saturated carbocycles. The topological polar surface area (TPSA) is 29.3 Å². The molecule has 0 heterocycles. The van der Waals surface area contributed by atoms with Crippen LogP contribution in [0.4, 0.5) is 4.39 Å². The van der Waals surface area contributed by atoms with Gasteiger partial charge in [-0.3, -0.25) is 4.90 Å². The monoisotopic (exact) mass is 168 g/mol. The second kappa shape index (κ2) is 3.65. The van der Waals surface area contributed by atoms with Gasteiger partial charge >= 0.3 is 0 Å². The largest absolute Gasteiger partial charge is 0.312 e. The highest BCUT2D eigenvalue weighted by Crippen LogP contribution is 2.12. The minimum absolute atomic E-state index is 0.161. The fourth-order valence-corrected chi connectivity index (χ4v) is 0.958. The summed E-state index contributed by atoms with van der Waals surface area (Å²) in [5.41, 5.74) is 6.71. The van der Waals surface area contributed by atoms with E-state index in [0.29, 0.717) is 0 Å². The highest BCUT2D eigenvalue weighted by Gasteiger charge is 2.06. The summed E-state index contributed by atoms with van der Waals surface area (Å²) in [5.74, 6) is -0.232. The molecule has 0 radical (unpaired) electrons. The molecule has 66 valence electrons. The lowest BCUT2D eigenvalue weighted by atomic mass is 10.1. The van der Waals surface area contributed by atoms with Crippen molar-refractivity contribution < 1.29 is 4.39 Å². The molecule has 3 heteroatoms. The number of hydrogen-bond donors (Lipinski definition) is 1. The first kappa shape index (κ1) is 9.16. The molecule has 0 spiro atoms. The quantitative estimate of drug-likeness (QED) is 0.675. The minimum Gasteiger partial charge on any atom is -0.312 e. The zero-order valence-corrected chi connectivity index (χ0v) is 7.29. The van der Waals surface area contributed by atoms with Crippen LogP contribution in [0.2, 0.25) is 0 Å². The van der Waals surface area contributed by atoms with E-state index in [4.69, 9.17) is 5.73 Å². The van der Waals surface area contributed by atoms with Crippen LogP contribution in [0.1, 0.15) is 11.7 Å². The summed E-state index contributed by atoms with van der Waals surface area (Å²) >= 11 is 0. The number of nitrogens with zero attached hydrogens (tertiary/aromatic N) is 1. The maximum atomic E-state index is 12.5. The third-order valence-electron chi connectivity index (χ3n) is 1.77. The Morgan fingerprint density at radius 2 is 1.75 bits per heavy atom. The Labute approximate surface area is 71.8 Å². The van der Waals surface area contributed by atoms with E-state index < -0.39 is 0 Å². The smallest absolute Gasteiger partial charge is 0.123 e. The van der Waals surface area contributed by atoms with Crippen molar-refractivity contribution >= 4 is 0 Å². The fourth-order valence-electron chi connectivity index (χ4n) is 0.958. The van der Waals surface area contributed by atoms with Crippen LogP contribution in [0, 0.1) is 5.82 Å². The molecule has 12 heavy (non-hydrogen) atoms. The average molecular weight is 168 g/mol. The van der Waals surface area contributed by atoms with E-state index >= 15 is 0 Å². The molecule has 0 amide bonds. The molecule has 1 aromatic rings. The Morgan fingerprint density at radius 1 is 1.25 bits per heavy atom. The Bertz CT molecular complexity index is 243. The summed E-state index contributed by atoms with van der Waals surface area (Å²) in [6.07, 6.45) is -0.161. The van der Waals surface area contributed by atoms with Gasteiger partial charge in [-0.2, -0.15) is 0 Å². The Kier molecular flexibility index (Phi) is 2.78. The van der Waals surface area contributed by atoms with Crippen molar-refractivity contribution in [3.63, 3.8) is 0 Å². The van der Waals surface area contributed by atoms with Gasteiger partial charge < -0.3 is 5.73 Å². The molecule has 1 unspecified atom stereocenters. The van der Waals surface area contributed by atoms with Gasteiger partial charge in [0.2, 0.25) is 0 Å². The molecule has 0 aliphatic carbocycles. The molecular formula is C9H13FN2. The normalized spacial score (nSPS) is 13.4. The lowest BCUT2D eigenvalue weighted by molar-refractivity contribution is 0.307. The summed E-state index contributed by atoms with van der Waals surface area (Å²) < 4.78 is 12.5. The van der Waals surface area contributed by atoms with Crippen LogP contribution in [0.25, 0.3) is 0 Å². The second-order valence-electron chi connectivity index (χ2n) is 2.96. The molecule has 0 aliphatic rings. The molecular weight excluding hydrogens is 155 g/mol. The SMILES string of the molecule is CN(C)C(N)c1ccc(F)cc1. The van der Waals surface area contributed by atoms with Gasteiger partial charge in [0.15, 0.2) is 0 Å². The van der Waals surface area contributed by atoms with Gasteiger partial charge in [-0.05, 0) is 31.8 Å². The van der Waals surface area contributed by atoms with Crippen molar-refractivity contribution in [2.24, 2.45) is 5.73 Å². The van der Waals surface area contributed by atoms with Crippen molar-refractivity contribution in [1.82, 2.24) is 4.90 Å². The van der Waals surface area contributed by atoms with Gasteiger partial charge in [-0.1, -0.05) is 12.1 Å². The molecule has 2 nitrogen and oxygen atoms in total. The van der Waals surface area contributed by atoms with Gasteiger partial charge in [0, 0.05) is 0 Å². The number of halogens is 1. The molecule has 2 N–H and O–H groups in total. The van der Waals surface area contributed by atoms with E-state index in [9.17, 15) is 4.39 Å². The number of hydrogen-bond acceptors (Lipinski definition) is 2. The van der Waals surface area contributed by atoms with E-state index in [-0.39, 0.29) is 12.0 Å². The van der Waals surface area contributed by atoms with Gasteiger partial charge in [-0.25, -0.2) is 4.39 Å². The predicted molar refractivity (Wildman–Crippen MR) is 47.0 cm³/mol. The molecule has 1 rings (SSSR count). The average Bonchev–Trinajstić information content (AvgIpc) is 2.04. The maximum absolute atomic E-state index is 12.5. The summed E-state index contributed by atoms with van der Waals surface area (Å²) in [5, 5.41) is 0. The van der Waals surface area contributed by atoms with Gasteiger partial charge in [0.25, 0.3) is 0 Å². The van der Waals surface area contributed by atoms with Crippen LogP contribution in [0.5, 0.6) is 0 Å². The van der Waals surface area contributed by atoms with E-state index in [0.717, 1.165) is 5.56 Å². The summed E-state index contributed by atoms with van der Waals surface area (Å²) in [4.78, 5) is 1.87. The maximum Gasteiger partial charge on any atom is 0.123 e. The minimum atomic E-state index is -0.232. The summed E-state index contributed by atoms with van der Waals surface area (Å²) in [6, 6.07) is 6.22. The third kappa shape index (κ3) is 2.03. The first-order valence-electron chi connectivity index (χ1n) is 3.78. The molecule has 0 aliphatic heterocycles. The van der Waals surface area contributed by atoms with E-state index in [2.05, 4.69) is 0 Å². The van der Waals surface area contributed by atoms with Gasteiger partial charge in [0.1, 0.15) is 5.82 Å². The molecule has 0 fully saturated rings. The first-order chi connectivity index (χ1) is 5.61. The van der Waals surface area contributed by atoms with Crippen molar-refractivity contribution in [1.29, 1.82) is 0 Å². The second-order valence-corrected chi connectivity index (χ2v) is 2.96. The van der Waals surface area contributed by atoms with Crippen LogP contribution in [0.15, 0.2) is 24.3 Å². The van der Waals surface area contributed by atoms with Crippen molar-refractivity contribution in [3.05, 3.63) is 35.6 Å². The first-order valence-corrected chi connectivity index (χ1v) is 3.78. The highest BCUT2D eigenvalue weighted by atomic mass is 19.1. The van der Waals surface area contributed by atoms with E-state index in [1.165, 1.54) is 12.1 Å². The third-order valence-corrected chi connectivity index (χ3v) is 1.77. The van der Waals surface area contributed by atoms with Crippen LogP contribution in [-0.4, -0.2) is 19.0 Å². The summed E-state index contributed by atoms with van der Waals surface area (Å²) in [7, 11) is 3.77. The highest BCUT2D eigenvalue weighted by molar-refractivity contribution is 5.18. The Morgan fingerprint density at radius 3 is 2.17 bits per heavy atom. The molecule has 1 aromatic carbocycles. The van der Waals surface area contributed by atoms with Crippen LogP contribution in [-0.2, 0) is 0 Å². The van der Waals surface area contributed by atoms with Crippen molar-refractivity contribution in [2.45, 2.75) is 6.17 Å².